The summed E-state index contributed by atoms with van der Waals surface area (Å²) >= 11 is 3.33. The summed E-state index contributed by atoms with van der Waals surface area (Å²) in [5, 5.41) is 0.662. The summed E-state index contributed by atoms with van der Waals surface area (Å²) in [7, 11) is 0. The maximum Gasteiger partial charge on any atom is 0.257 e. The summed E-state index contributed by atoms with van der Waals surface area (Å²) in [6.07, 6.45) is 1.80. The molecule has 1 amide bonds. The smallest absolute Gasteiger partial charge is 0.257 e. The molecule has 0 aliphatic carbocycles. The zero-order valence-electron chi connectivity index (χ0n) is 9.13. The molecule has 92 valence electrons. The zero-order valence-corrected chi connectivity index (χ0v) is 10.7. The number of amides is 1. The number of carbonyl (C=O) groups excluding carboxylic acids is 1. The molecule has 1 heterocycles. The number of nitrogens with zero attached hydrogens (tertiary/aromatic N) is 1. The van der Waals surface area contributed by atoms with E-state index in [9.17, 15) is 13.6 Å². The Hall–Kier alpha value is -0.970. The van der Waals surface area contributed by atoms with Crippen LogP contribution in [-0.2, 0) is 0 Å². The molecule has 1 aromatic rings. The third-order valence-corrected chi connectivity index (χ3v) is 3.72. The maximum absolute atomic E-state index is 13.5. The van der Waals surface area contributed by atoms with Crippen LogP contribution in [0.15, 0.2) is 18.2 Å². The van der Waals surface area contributed by atoms with Gasteiger partial charge in [-0.3, -0.25) is 4.79 Å². The first-order chi connectivity index (χ1) is 8.13. The van der Waals surface area contributed by atoms with Crippen LogP contribution in [0.4, 0.5) is 8.78 Å². The second-order valence-corrected chi connectivity index (χ2v) is 4.72. The Morgan fingerprint density at radius 3 is 2.94 bits per heavy atom. The monoisotopic (exact) mass is 303 g/mol. The third-order valence-electron chi connectivity index (χ3n) is 2.97. The number of alkyl halides is 1. The number of hydrogen-bond acceptors (Lipinski definition) is 1. The SMILES string of the molecule is O=C(c1cc(F)ccc1F)N1CCCC1CBr. The molecule has 1 atom stereocenters. The minimum atomic E-state index is -0.670. The molecule has 0 radical (unpaired) electrons. The van der Waals surface area contributed by atoms with Gasteiger partial charge in [0.1, 0.15) is 11.6 Å². The molecule has 1 unspecified atom stereocenters. The third kappa shape index (κ3) is 2.49. The first-order valence-corrected chi connectivity index (χ1v) is 6.57. The van der Waals surface area contributed by atoms with Crippen molar-refractivity contribution in [1.82, 2.24) is 4.90 Å². The Kier molecular flexibility index (Phi) is 3.76. The Morgan fingerprint density at radius 2 is 2.24 bits per heavy atom. The highest BCUT2D eigenvalue weighted by molar-refractivity contribution is 9.09. The fourth-order valence-corrected chi connectivity index (χ4v) is 2.75. The van der Waals surface area contributed by atoms with Gasteiger partial charge < -0.3 is 4.90 Å². The molecule has 1 aliphatic rings. The van der Waals surface area contributed by atoms with Crippen molar-refractivity contribution in [2.24, 2.45) is 0 Å². The van der Waals surface area contributed by atoms with Crippen LogP contribution in [-0.4, -0.2) is 28.7 Å². The van der Waals surface area contributed by atoms with Crippen molar-refractivity contribution >= 4 is 21.8 Å². The zero-order chi connectivity index (χ0) is 12.4. The summed E-state index contributed by atoms with van der Waals surface area (Å²) in [6.45, 7) is 0.602. The van der Waals surface area contributed by atoms with Crippen molar-refractivity contribution < 1.29 is 13.6 Å². The molecule has 0 aromatic heterocycles. The standard InChI is InChI=1S/C12H12BrF2NO/c13-7-9-2-1-5-16(9)12(17)10-6-8(14)3-4-11(10)15/h3-4,6,9H,1-2,5,7H2. The molecule has 17 heavy (non-hydrogen) atoms. The van der Waals surface area contributed by atoms with E-state index in [0.717, 1.165) is 31.0 Å². The van der Waals surface area contributed by atoms with Gasteiger partial charge in [-0.1, -0.05) is 15.9 Å². The molecule has 2 rings (SSSR count). The van der Waals surface area contributed by atoms with E-state index >= 15 is 0 Å². The Labute approximate surface area is 107 Å². The van der Waals surface area contributed by atoms with Crippen molar-refractivity contribution in [3.05, 3.63) is 35.4 Å². The van der Waals surface area contributed by atoms with Crippen LogP contribution in [0, 0.1) is 11.6 Å². The quantitative estimate of drug-likeness (QED) is 0.769. The molecule has 5 heteroatoms. The molecule has 0 N–H and O–H groups in total. The van der Waals surface area contributed by atoms with Crippen molar-refractivity contribution in [1.29, 1.82) is 0 Å². The van der Waals surface area contributed by atoms with Crippen LogP contribution in [0.25, 0.3) is 0 Å². The summed E-state index contributed by atoms with van der Waals surface area (Å²) in [4.78, 5) is 13.7. The van der Waals surface area contributed by atoms with Gasteiger partial charge in [-0.05, 0) is 31.0 Å². The van der Waals surface area contributed by atoms with Crippen LogP contribution >= 0.6 is 15.9 Å². The van der Waals surface area contributed by atoms with Crippen LogP contribution in [0.2, 0.25) is 0 Å². The lowest BCUT2D eigenvalue weighted by Crippen LogP contribution is -2.36. The van der Waals surface area contributed by atoms with Gasteiger partial charge in [0, 0.05) is 17.9 Å². The predicted molar refractivity (Wildman–Crippen MR) is 64.2 cm³/mol. The van der Waals surface area contributed by atoms with Crippen LogP contribution < -0.4 is 0 Å². The fourth-order valence-electron chi connectivity index (χ4n) is 2.08. The summed E-state index contributed by atoms with van der Waals surface area (Å²) < 4.78 is 26.5. The molecule has 1 aromatic carbocycles. The summed E-state index contributed by atoms with van der Waals surface area (Å²) in [5.41, 5.74) is -0.183. The molecule has 2 nitrogen and oxygen atoms in total. The minimum Gasteiger partial charge on any atom is -0.335 e. The van der Waals surface area contributed by atoms with E-state index < -0.39 is 17.5 Å². The number of hydrogen-bond donors (Lipinski definition) is 0. The van der Waals surface area contributed by atoms with E-state index in [1.54, 1.807) is 4.90 Å². The molecular formula is C12H12BrF2NO. The lowest BCUT2D eigenvalue weighted by molar-refractivity contribution is 0.0745. The Balaban J connectivity index is 2.27. The van der Waals surface area contributed by atoms with Crippen LogP contribution in [0.3, 0.4) is 0 Å². The number of carbonyl (C=O) groups is 1. The first-order valence-electron chi connectivity index (χ1n) is 5.45. The lowest BCUT2D eigenvalue weighted by atomic mass is 10.1. The summed E-state index contributed by atoms with van der Waals surface area (Å²) in [5.74, 6) is -1.69. The van der Waals surface area contributed by atoms with E-state index in [4.69, 9.17) is 0 Å². The largest absolute Gasteiger partial charge is 0.335 e. The number of likely N-dealkylation sites (tertiary alicyclic amines) is 1. The van der Waals surface area contributed by atoms with Gasteiger partial charge in [-0.15, -0.1) is 0 Å². The first kappa shape index (κ1) is 12.5. The second-order valence-electron chi connectivity index (χ2n) is 4.07. The van der Waals surface area contributed by atoms with Gasteiger partial charge >= 0.3 is 0 Å². The molecule has 1 fully saturated rings. The molecule has 0 spiro atoms. The van der Waals surface area contributed by atoms with Gasteiger partial charge in [0.05, 0.1) is 5.56 Å². The highest BCUT2D eigenvalue weighted by Gasteiger charge is 2.30. The van der Waals surface area contributed by atoms with E-state index in [2.05, 4.69) is 15.9 Å². The molecule has 1 saturated heterocycles. The number of halogens is 3. The van der Waals surface area contributed by atoms with Gasteiger partial charge in [-0.2, -0.15) is 0 Å². The van der Waals surface area contributed by atoms with E-state index in [-0.39, 0.29) is 11.6 Å². The van der Waals surface area contributed by atoms with E-state index in [1.165, 1.54) is 0 Å². The molecular weight excluding hydrogens is 292 g/mol. The van der Waals surface area contributed by atoms with E-state index in [1.807, 2.05) is 0 Å². The molecule has 0 saturated carbocycles. The normalized spacial score (nSPS) is 19.7. The van der Waals surface area contributed by atoms with Crippen molar-refractivity contribution in [2.75, 3.05) is 11.9 Å². The second kappa shape index (κ2) is 5.12. The predicted octanol–water partition coefficient (Wildman–Crippen LogP) is 2.96. The lowest BCUT2D eigenvalue weighted by Gasteiger charge is -2.23. The fraction of sp³-hybridized carbons (Fsp3) is 0.417. The van der Waals surface area contributed by atoms with Crippen LogP contribution in [0.1, 0.15) is 23.2 Å². The van der Waals surface area contributed by atoms with Gasteiger partial charge in [-0.25, -0.2) is 8.78 Å². The van der Waals surface area contributed by atoms with Crippen molar-refractivity contribution in [3.8, 4) is 0 Å². The maximum atomic E-state index is 13.5. The average Bonchev–Trinajstić information content (AvgIpc) is 2.79. The minimum absolute atomic E-state index is 0.0742. The van der Waals surface area contributed by atoms with Crippen molar-refractivity contribution in [3.63, 3.8) is 0 Å². The molecule has 1 aliphatic heterocycles. The van der Waals surface area contributed by atoms with Gasteiger partial charge in [0.15, 0.2) is 0 Å². The van der Waals surface area contributed by atoms with Crippen LogP contribution in [0.5, 0.6) is 0 Å². The van der Waals surface area contributed by atoms with Crippen molar-refractivity contribution in [2.45, 2.75) is 18.9 Å². The number of benzene rings is 1. The topological polar surface area (TPSA) is 20.3 Å². The molecule has 0 bridgehead atoms. The van der Waals surface area contributed by atoms with E-state index in [0.29, 0.717) is 11.9 Å². The average molecular weight is 304 g/mol. The summed E-state index contributed by atoms with van der Waals surface area (Å²) in [6, 6.07) is 3.03. The highest BCUT2D eigenvalue weighted by Crippen LogP contribution is 2.22. The number of rotatable bonds is 2. The van der Waals surface area contributed by atoms with Gasteiger partial charge in [0.2, 0.25) is 0 Å². The van der Waals surface area contributed by atoms with Gasteiger partial charge in [0.25, 0.3) is 5.91 Å². The Morgan fingerprint density at radius 1 is 1.47 bits per heavy atom. The Bertz CT molecular complexity index is 439. The highest BCUT2D eigenvalue weighted by atomic mass is 79.9.